The average Bonchev–Trinajstić information content (AvgIpc) is 3.50. The van der Waals surface area contributed by atoms with Crippen molar-refractivity contribution in [1.82, 2.24) is 20.3 Å². The number of benzene rings is 1. The minimum atomic E-state index is -4.55. The van der Waals surface area contributed by atoms with Gasteiger partial charge in [0.25, 0.3) is 5.91 Å². The van der Waals surface area contributed by atoms with Crippen LogP contribution in [0.5, 0.6) is 0 Å². The number of hydrogen-bond acceptors (Lipinski definition) is 4. The Labute approximate surface area is 159 Å². The largest absolute Gasteiger partial charge is 0.418 e. The van der Waals surface area contributed by atoms with E-state index in [0.717, 1.165) is 12.8 Å². The molecule has 28 heavy (non-hydrogen) atoms. The summed E-state index contributed by atoms with van der Waals surface area (Å²) in [6.45, 7) is 1.75. The van der Waals surface area contributed by atoms with Crippen molar-refractivity contribution in [2.75, 3.05) is 0 Å². The van der Waals surface area contributed by atoms with Crippen LogP contribution >= 0.6 is 0 Å². The number of aromatic nitrogens is 3. The van der Waals surface area contributed by atoms with E-state index in [2.05, 4.69) is 20.3 Å². The fraction of sp³-hybridized carbons (Fsp3) is 0.300. The normalized spacial score (nSPS) is 14.3. The van der Waals surface area contributed by atoms with Crippen molar-refractivity contribution in [3.8, 4) is 0 Å². The van der Waals surface area contributed by atoms with Crippen LogP contribution < -0.4 is 5.32 Å². The van der Waals surface area contributed by atoms with Gasteiger partial charge in [0.05, 0.1) is 17.6 Å². The molecule has 0 radical (unpaired) electrons. The van der Waals surface area contributed by atoms with Crippen LogP contribution in [0.1, 0.15) is 51.8 Å². The molecule has 0 bridgehead atoms. The second-order valence-corrected chi connectivity index (χ2v) is 6.91. The molecule has 0 saturated heterocycles. The van der Waals surface area contributed by atoms with Gasteiger partial charge < -0.3 is 5.32 Å². The zero-order valence-corrected chi connectivity index (χ0v) is 15.0. The number of carbonyl (C=O) groups is 1. The highest BCUT2D eigenvalue weighted by molar-refractivity contribution is 5.96. The molecule has 1 fully saturated rings. The maximum Gasteiger partial charge on any atom is 0.418 e. The molecule has 4 rings (SSSR count). The second-order valence-electron chi connectivity index (χ2n) is 6.91. The molecule has 1 aliphatic rings. The first-order chi connectivity index (χ1) is 13.3. The molecule has 144 valence electrons. The van der Waals surface area contributed by atoms with Gasteiger partial charge in [-0.1, -0.05) is 0 Å². The van der Waals surface area contributed by atoms with Crippen molar-refractivity contribution in [3.63, 3.8) is 0 Å². The third-order valence-electron chi connectivity index (χ3n) is 4.76. The molecule has 0 aliphatic heterocycles. The molecule has 8 heteroatoms. The molecule has 1 aromatic carbocycles. The number of nitrogens with zero attached hydrogens (tertiary/aromatic N) is 3. The third-order valence-corrected chi connectivity index (χ3v) is 4.76. The molecular formula is C20H17F3N4O. The summed E-state index contributed by atoms with van der Waals surface area (Å²) in [5.41, 5.74) is 0.210. The number of hydrogen-bond donors (Lipinski definition) is 1. The Morgan fingerprint density at radius 1 is 1.18 bits per heavy atom. The number of amides is 1. The van der Waals surface area contributed by atoms with Gasteiger partial charge in [-0.15, -0.1) is 0 Å². The summed E-state index contributed by atoms with van der Waals surface area (Å²) in [4.78, 5) is 24.5. The maximum atomic E-state index is 13.7. The lowest BCUT2D eigenvalue weighted by Gasteiger charge is -2.15. The molecule has 0 spiro atoms. The molecular weight excluding hydrogens is 369 g/mol. The highest BCUT2D eigenvalue weighted by atomic mass is 19.4. The maximum absolute atomic E-state index is 13.7. The van der Waals surface area contributed by atoms with Gasteiger partial charge in [-0.3, -0.25) is 4.79 Å². The smallest absolute Gasteiger partial charge is 0.343 e. The first kappa shape index (κ1) is 18.3. The van der Waals surface area contributed by atoms with Crippen LogP contribution in [0, 0.1) is 6.92 Å². The molecule has 1 aliphatic carbocycles. The zero-order chi connectivity index (χ0) is 19.9. The summed E-state index contributed by atoms with van der Waals surface area (Å²) in [6.07, 6.45) is 0.337. The molecule has 3 aromatic rings. The standard InChI is InChI=1S/C20H17F3N4O/c1-11-7-16(19(28)26-10-17-24-5-2-6-25-17)27-18-14(11)8-13(12-3-4-12)9-15(18)20(21,22)23/h2,5-9,12H,3-4,10H2,1H3,(H,26,28). The van der Waals surface area contributed by atoms with Crippen molar-refractivity contribution in [2.24, 2.45) is 0 Å². The second kappa shape index (κ2) is 6.85. The van der Waals surface area contributed by atoms with Crippen LogP contribution in [-0.4, -0.2) is 20.9 Å². The lowest BCUT2D eigenvalue weighted by atomic mass is 9.98. The Morgan fingerprint density at radius 2 is 1.89 bits per heavy atom. The minimum Gasteiger partial charge on any atom is -0.343 e. The Kier molecular flexibility index (Phi) is 4.49. The van der Waals surface area contributed by atoms with E-state index in [-0.39, 0.29) is 23.7 Å². The predicted octanol–water partition coefficient (Wildman–Crippen LogP) is 4.16. The first-order valence-electron chi connectivity index (χ1n) is 8.89. The number of fused-ring (bicyclic) bond motifs is 1. The van der Waals surface area contributed by atoms with Crippen LogP contribution in [-0.2, 0) is 12.7 Å². The number of rotatable bonds is 4. The summed E-state index contributed by atoms with van der Waals surface area (Å²) in [5, 5.41) is 3.03. The van der Waals surface area contributed by atoms with Crippen LogP contribution in [0.25, 0.3) is 10.9 Å². The Balaban J connectivity index is 1.72. The number of nitrogens with one attached hydrogen (secondary N) is 1. The summed E-state index contributed by atoms with van der Waals surface area (Å²) in [6, 6.07) is 6.10. The monoisotopic (exact) mass is 386 g/mol. The highest BCUT2D eigenvalue weighted by Crippen LogP contribution is 2.44. The van der Waals surface area contributed by atoms with E-state index in [9.17, 15) is 18.0 Å². The summed E-state index contributed by atoms with van der Waals surface area (Å²) in [5.74, 6) is 0.00834. The Bertz CT molecular complexity index is 1050. The number of aryl methyl sites for hydroxylation is 1. The molecule has 1 saturated carbocycles. The van der Waals surface area contributed by atoms with Crippen molar-refractivity contribution in [1.29, 1.82) is 0 Å². The van der Waals surface area contributed by atoms with Gasteiger partial charge in [0, 0.05) is 17.8 Å². The predicted molar refractivity (Wildman–Crippen MR) is 96.7 cm³/mol. The van der Waals surface area contributed by atoms with E-state index in [0.29, 0.717) is 22.3 Å². The quantitative estimate of drug-likeness (QED) is 0.731. The van der Waals surface area contributed by atoms with Gasteiger partial charge in [0.15, 0.2) is 0 Å². The average molecular weight is 386 g/mol. The minimum absolute atomic E-state index is 0.0607. The van der Waals surface area contributed by atoms with Crippen LogP contribution in [0.15, 0.2) is 36.7 Å². The van der Waals surface area contributed by atoms with Crippen molar-refractivity contribution in [2.45, 2.75) is 38.4 Å². The SMILES string of the molecule is Cc1cc(C(=O)NCc2ncccn2)nc2c(C(F)(F)F)cc(C3CC3)cc12. The van der Waals surface area contributed by atoms with E-state index >= 15 is 0 Å². The summed E-state index contributed by atoms with van der Waals surface area (Å²) in [7, 11) is 0. The molecule has 2 aromatic heterocycles. The molecule has 2 heterocycles. The topological polar surface area (TPSA) is 67.8 Å². The van der Waals surface area contributed by atoms with Gasteiger partial charge in [0.1, 0.15) is 11.5 Å². The molecule has 0 atom stereocenters. The number of alkyl halides is 3. The summed E-state index contributed by atoms with van der Waals surface area (Å²) >= 11 is 0. The third kappa shape index (κ3) is 3.67. The fourth-order valence-corrected chi connectivity index (χ4v) is 3.17. The summed E-state index contributed by atoms with van der Waals surface area (Å²) < 4.78 is 41.0. The first-order valence-corrected chi connectivity index (χ1v) is 8.89. The number of halogens is 3. The van der Waals surface area contributed by atoms with E-state index in [1.807, 2.05) is 0 Å². The Morgan fingerprint density at radius 3 is 2.54 bits per heavy atom. The molecule has 0 unspecified atom stereocenters. The number of carbonyl (C=O) groups excluding carboxylic acids is 1. The van der Waals surface area contributed by atoms with Gasteiger partial charge >= 0.3 is 6.18 Å². The van der Waals surface area contributed by atoms with Crippen molar-refractivity contribution in [3.05, 3.63) is 64.9 Å². The van der Waals surface area contributed by atoms with Crippen molar-refractivity contribution < 1.29 is 18.0 Å². The molecule has 1 N–H and O–H groups in total. The number of pyridine rings is 1. The van der Waals surface area contributed by atoms with E-state index in [4.69, 9.17) is 0 Å². The lowest BCUT2D eigenvalue weighted by Crippen LogP contribution is -2.25. The lowest BCUT2D eigenvalue weighted by molar-refractivity contribution is -0.136. The Hall–Kier alpha value is -3.03. The van der Waals surface area contributed by atoms with Crippen LogP contribution in [0.2, 0.25) is 0 Å². The van der Waals surface area contributed by atoms with Crippen LogP contribution in [0.3, 0.4) is 0 Å². The van der Waals surface area contributed by atoms with Crippen molar-refractivity contribution >= 4 is 16.8 Å². The van der Waals surface area contributed by atoms with E-state index in [1.54, 1.807) is 31.5 Å². The zero-order valence-electron chi connectivity index (χ0n) is 15.0. The van der Waals surface area contributed by atoms with Crippen LogP contribution in [0.4, 0.5) is 13.2 Å². The fourth-order valence-electron chi connectivity index (χ4n) is 3.17. The van der Waals surface area contributed by atoms with E-state index < -0.39 is 17.6 Å². The highest BCUT2D eigenvalue weighted by Gasteiger charge is 2.36. The van der Waals surface area contributed by atoms with Gasteiger partial charge in [-0.2, -0.15) is 13.2 Å². The van der Waals surface area contributed by atoms with Gasteiger partial charge in [0.2, 0.25) is 0 Å². The molecule has 5 nitrogen and oxygen atoms in total. The molecule has 1 amide bonds. The van der Waals surface area contributed by atoms with Gasteiger partial charge in [-0.05, 0) is 61.1 Å². The van der Waals surface area contributed by atoms with Gasteiger partial charge in [-0.25, -0.2) is 15.0 Å². The van der Waals surface area contributed by atoms with E-state index in [1.165, 1.54) is 12.1 Å².